The molecule has 0 bridgehead atoms. The fourth-order valence-electron chi connectivity index (χ4n) is 6.30. The van der Waals surface area contributed by atoms with Crippen molar-refractivity contribution in [3.8, 4) is 22.8 Å². The molecule has 13 nitrogen and oxygen atoms in total. The van der Waals surface area contributed by atoms with Crippen LogP contribution in [-0.2, 0) is 19.7 Å². The molecular formula is C32H36F3N7O6S. The smallest absolute Gasteiger partial charge is 0.493 e. The van der Waals surface area contributed by atoms with Crippen LogP contribution in [0.3, 0.4) is 0 Å². The number of nitrogens with zero attached hydrogens (tertiary/aromatic N) is 7. The second-order valence-corrected chi connectivity index (χ2v) is 13.7. The predicted molar refractivity (Wildman–Crippen MR) is 175 cm³/mol. The number of piperazine rings is 1. The van der Waals surface area contributed by atoms with Gasteiger partial charge in [-0.2, -0.15) is 17.5 Å². The van der Waals surface area contributed by atoms with Crippen LogP contribution in [0.15, 0.2) is 60.8 Å². The average molecular weight is 704 g/mol. The number of hydrogen-bond donors (Lipinski definition) is 0. The molecule has 0 saturated carbocycles. The van der Waals surface area contributed by atoms with E-state index in [1.807, 2.05) is 12.1 Å². The van der Waals surface area contributed by atoms with Gasteiger partial charge in [-0.05, 0) is 49.2 Å². The molecule has 0 atom stereocenters. The molecule has 2 aromatic heterocycles. The third-order valence-electron chi connectivity index (χ3n) is 8.83. The summed E-state index contributed by atoms with van der Waals surface area (Å²) in [5.74, 6) is -2.12. The highest BCUT2D eigenvalue weighted by atomic mass is 32.2. The summed E-state index contributed by atoms with van der Waals surface area (Å²) in [6.07, 6.45) is -0.975. The third kappa shape index (κ3) is 7.23. The number of benzene rings is 2. The molecule has 0 radical (unpaired) electrons. The lowest BCUT2D eigenvalue weighted by atomic mass is 10.0. The normalized spacial score (nSPS) is 16.9. The summed E-state index contributed by atoms with van der Waals surface area (Å²) in [5, 5.41) is 5.10. The summed E-state index contributed by atoms with van der Waals surface area (Å²) >= 11 is 0. The first kappa shape index (κ1) is 34.3. The summed E-state index contributed by atoms with van der Waals surface area (Å²) in [4.78, 5) is 25.8. The monoisotopic (exact) mass is 703 g/mol. The van der Waals surface area contributed by atoms with Gasteiger partial charge in [0.15, 0.2) is 0 Å². The van der Waals surface area contributed by atoms with Crippen LogP contribution in [0.5, 0.6) is 11.5 Å². The van der Waals surface area contributed by atoms with Crippen LogP contribution in [-0.4, -0.2) is 110 Å². The number of piperidine rings is 1. The van der Waals surface area contributed by atoms with E-state index < -0.39 is 22.2 Å². The predicted octanol–water partition coefficient (Wildman–Crippen LogP) is 4.12. The summed E-state index contributed by atoms with van der Waals surface area (Å²) < 4.78 is 78.4. The first-order valence-corrected chi connectivity index (χ1v) is 17.4. The molecule has 6 rings (SSSR count). The van der Waals surface area contributed by atoms with Crippen LogP contribution >= 0.6 is 0 Å². The Hall–Kier alpha value is -4.61. The topological polar surface area (TPSA) is 122 Å². The van der Waals surface area contributed by atoms with Crippen molar-refractivity contribution < 1.29 is 40.7 Å². The Morgan fingerprint density at radius 3 is 2.27 bits per heavy atom. The Kier molecular flexibility index (Phi) is 9.59. The van der Waals surface area contributed by atoms with E-state index in [1.54, 1.807) is 36.4 Å². The van der Waals surface area contributed by atoms with E-state index in [-0.39, 0.29) is 17.4 Å². The molecule has 0 unspecified atom stereocenters. The summed E-state index contributed by atoms with van der Waals surface area (Å²) in [7, 11) is -0.321. The number of ether oxygens (including phenoxy) is 2. The van der Waals surface area contributed by atoms with Gasteiger partial charge in [0.1, 0.15) is 17.2 Å². The molecule has 0 N–H and O–H groups in total. The molecule has 4 heterocycles. The van der Waals surface area contributed by atoms with Gasteiger partial charge in [0.25, 0.3) is 5.95 Å². The number of alkyl halides is 3. The molecule has 0 amide bonds. The maximum absolute atomic E-state index is 13.5. The fourth-order valence-corrected chi connectivity index (χ4v) is 7.13. The van der Waals surface area contributed by atoms with Crippen molar-refractivity contribution in [1.29, 1.82) is 0 Å². The van der Waals surface area contributed by atoms with Crippen molar-refractivity contribution in [1.82, 2.24) is 23.8 Å². The summed E-state index contributed by atoms with van der Waals surface area (Å²) in [5.41, 5.74) is 2.53. The van der Waals surface area contributed by atoms with Gasteiger partial charge in [0, 0.05) is 62.6 Å². The molecule has 2 fully saturated rings. The van der Waals surface area contributed by atoms with Crippen molar-refractivity contribution in [2.45, 2.75) is 25.1 Å². The van der Waals surface area contributed by atoms with E-state index in [4.69, 9.17) is 14.3 Å². The molecule has 2 aliphatic heterocycles. The minimum atomic E-state index is -5.30. The van der Waals surface area contributed by atoms with Crippen LogP contribution in [0.2, 0.25) is 0 Å². The van der Waals surface area contributed by atoms with Gasteiger partial charge in [-0.25, -0.2) is 22.7 Å². The zero-order chi connectivity index (χ0) is 34.9. The standard InChI is InChI=1S/C32H36F3N7O6S/c1-46-28-7-5-4-6-25(28)26-10-9-24-21-36-31(37-41(24)26)42(48-30(43)32(33,34)35)27-11-8-23(20-29(27)47-2)38-14-12-22(13-15-38)39-16-18-40(19-17-39)49(3,44)45/h4-11,20-22H,12-19H2,1-3H3. The highest BCUT2D eigenvalue weighted by Gasteiger charge is 2.44. The highest BCUT2D eigenvalue weighted by Crippen LogP contribution is 2.38. The van der Waals surface area contributed by atoms with Crippen LogP contribution < -0.4 is 19.4 Å². The van der Waals surface area contributed by atoms with Gasteiger partial charge in [-0.3, -0.25) is 4.90 Å². The van der Waals surface area contributed by atoms with E-state index in [2.05, 4.69) is 19.9 Å². The largest absolute Gasteiger partial charge is 0.496 e. The molecule has 4 aromatic rings. The van der Waals surface area contributed by atoms with Crippen LogP contribution in [0, 0.1) is 0 Å². The van der Waals surface area contributed by atoms with E-state index in [1.165, 1.54) is 41.6 Å². The van der Waals surface area contributed by atoms with Crippen LogP contribution in [0.25, 0.3) is 16.8 Å². The number of anilines is 3. The molecule has 49 heavy (non-hydrogen) atoms. The molecular weight excluding hydrogens is 667 g/mol. The van der Waals surface area contributed by atoms with E-state index in [0.717, 1.165) is 18.5 Å². The molecule has 262 valence electrons. The van der Waals surface area contributed by atoms with Gasteiger partial charge in [-0.15, -0.1) is 10.2 Å². The average Bonchev–Trinajstić information content (AvgIpc) is 3.53. The minimum absolute atomic E-state index is 0.0205. The fraction of sp³-hybridized carbons (Fsp3) is 0.406. The van der Waals surface area contributed by atoms with Crippen LogP contribution in [0.4, 0.5) is 30.5 Å². The van der Waals surface area contributed by atoms with Crippen molar-refractivity contribution >= 4 is 38.8 Å². The minimum Gasteiger partial charge on any atom is -0.496 e. The zero-order valence-corrected chi connectivity index (χ0v) is 27.9. The lowest BCUT2D eigenvalue weighted by Crippen LogP contribution is -2.54. The number of rotatable bonds is 9. The molecule has 17 heteroatoms. The molecule has 0 aliphatic carbocycles. The summed E-state index contributed by atoms with van der Waals surface area (Å²) in [6, 6.07) is 15.9. The van der Waals surface area contributed by atoms with Crippen molar-refractivity contribution in [2.75, 3.05) is 69.7 Å². The third-order valence-corrected chi connectivity index (χ3v) is 10.1. The zero-order valence-electron chi connectivity index (χ0n) is 27.1. The van der Waals surface area contributed by atoms with Gasteiger partial charge >= 0.3 is 12.1 Å². The van der Waals surface area contributed by atoms with E-state index in [9.17, 15) is 26.4 Å². The second kappa shape index (κ2) is 13.7. The molecule has 2 aromatic carbocycles. The number of carbonyl (C=O) groups is 1. The number of sulfonamides is 1. The van der Waals surface area contributed by atoms with E-state index >= 15 is 0 Å². The first-order valence-electron chi connectivity index (χ1n) is 15.6. The number of fused-ring (bicyclic) bond motifs is 1. The van der Waals surface area contributed by atoms with Crippen LogP contribution in [0.1, 0.15) is 12.8 Å². The van der Waals surface area contributed by atoms with Gasteiger partial charge in [0.05, 0.1) is 37.9 Å². The summed E-state index contributed by atoms with van der Waals surface area (Å²) in [6.45, 7) is 3.68. The van der Waals surface area contributed by atoms with Gasteiger partial charge < -0.3 is 19.2 Å². The number of para-hydroxylation sites is 1. The number of hydrogen-bond acceptors (Lipinski definition) is 11. The van der Waals surface area contributed by atoms with Gasteiger partial charge in [-0.1, -0.05) is 12.1 Å². The maximum atomic E-state index is 13.5. The number of methoxy groups -OCH3 is 2. The number of carbonyl (C=O) groups excluding carboxylic acids is 1. The van der Waals surface area contributed by atoms with E-state index in [0.29, 0.717) is 72.9 Å². The van der Waals surface area contributed by atoms with Gasteiger partial charge in [0.2, 0.25) is 10.0 Å². The lowest BCUT2D eigenvalue weighted by molar-refractivity contribution is -0.200. The lowest BCUT2D eigenvalue weighted by Gasteiger charge is -2.42. The number of aromatic nitrogens is 3. The van der Waals surface area contributed by atoms with Crippen molar-refractivity contribution in [3.05, 3.63) is 60.8 Å². The van der Waals surface area contributed by atoms with Crippen molar-refractivity contribution in [3.63, 3.8) is 0 Å². The SMILES string of the molecule is COc1ccccc1-c1ccc2cnc(N(OC(=O)C(F)(F)F)c3ccc(N4CCC(N5CCN(S(C)(=O)=O)CC5)CC4)cc3OC)nn12. The molecule has 0 spiro atoms. The Labute approximate surface area is 281 Å². The Morgan fingerprint density at radius 1 is 0.918 bits per heavy atom. The Balaban J connectivity index is 1.27. The molecule has 2 saturated heterocycles. The Morgan fingerprint density at radius 2 is 1.61 bits per heavy atom. The Bertz CT molecular complexity index is 1920. The first-order chi connectivity index (χ1) is 23.4. The molecule has 2 aliphatic rings. The quantitative estimate of drug-likeness (QED) is 0.234. The maximum Gasteiger partial charge on any atom is 0.493 e. The highest BCUT2D eigenvalue weighted by molar-refractivity contribution is 7.88. The van der Waals surface area contributed by atoms with Crippen molar-refractivity contribution in [2.24, 2.45) is 0 Å². The second-order valence-electron chi connectivity index (χ2n) is 11.8. The number of halogens is 3.